The number of halogens is 1. The highest BCUT2D eigenvalue weighted by Crippen LogP contribution is 2.24. The summed E-state index contributed by atoms with van der Waals surface area (Å²) in [6.45, 7) is 4.79. The Balaban J connectivity index is 1.88. The molecule has 0 bridgehead atoms. The van der Waals surface area contributed by atoms with E-state index in [0.717, 1.165) is 44.7 Å². The molecule has 0 unspecified atom stereocenters. The minimum atomic E-state index is -0.186. The number of methoxy groups -OCH3 is 1. The van der Waals surface area contributed by atoms with Gasteiger partial charge in [0.2, 0.25) is 0 Å². The van der Waals surface area contributed by atoms with Crippen LogP contribution < -0.4 is 0 Å². The third-order valence-corrected chi connectivity index (χ3v) is 3.98. The van der Waals surface area contributed by atoms with Crippen LogP contribution in [-0.2, 0) is 16.1 Å². The van der Waals surface area contributed by atoms with Crippen molar-refractivity contribution in [1.82, 2.24) is 9.80 Å². The molecule has 0 spiro atoms. The first kappa shape index (κ1) is 16.1. The van der Waals surface area contributed by atoms with Gasteiger partial charge in [0.25, 0.3) is 0 Å². The van der Waals surface area contributed by atoms with Gasteiger partial charge in [-0.15, -0.1) is 0 Å². The largest absolute Gasteiger partial charge is 0.506 e. The van der Waals surface area contributed by atoms with Crippen molar-refractivity contribution in [1.29, 1.82) is 0 Å². The summed E-state index contributed by atoms with van der Waals surface area (Å²) in [5.41, 5.74) is 1.08. The lowest BCUT2D eigenvalue weighted by atomic mass is 10.2. The van der Waals surface area contributed by atoms with E-state index in [9.17, 15) is 9.90 Å². The van der Waals surface area contributed by atoms with E-state index in [-0.39, 0.29) is 11.7 Å². The van der Waals surface area contributed by atoms with E-state index in [1.807, 2.05) is 6.07 Å². The molecule has 5 nitrogen and oxygen atoms in total. The number of benzene rings is 1. The number of nitrogens with zero attached hydrogens (tertiary/aromatic N) is 2. The van der Waals surface area contributed by atoms with Crippen LogP contribution in [0.3, 0.4) is 0 Å². The smallest absolute Gasteiger partial charge is 0.319 e. The first-order chi connectivity index (χ1) is 10.1. The van der Waals surface area contributed by atoms with Crippen molar-refractivity contribution in [2.75, 3.05) is 39.8 Å². The highest BCUT2D eigenvalue weighted by molar-refractivity contribution is 6.32. The molecule has 1 aromatic rings. The molecule has 1 fully saturated rings. The third kappa shape index (κ3) is 4.88. The van der Waals surface area contributed by atoms with Crippen LogP contribution in [0.4, 0.5) is 0 Å². The van der Waals surface area contributed by atoms with Gasteiger partial charge >= 0.3 is 5.97 Å². The molecule has 0 saturated carbocycles. The third-order valence-electron chi connectivity index (χ3n) is 3.68. The average Bonchev–Trinajstić information content (AvgIpc) is 2.68. The summed E-state index contributed by atoms with van der Waals surface area (Å²) in [6.07, 6.45) is 1.02. The molecule has 2 rings (SSSR count). The van der Waals surface area contributed by atoms with E-state index in [1.165, 1.54) is 7.11 Å². The Kier molecular flexibility index (Phi) is 5.85. The lowest BCUT2D eigenvalue weighted by Gasteiger charge is -2.21. The normalized spacial score (nSPS) is 17.4. The predicted octanol–water partition coefficient (Wildman–Crippen LogP) is 1.73. The summed E-state index contributed by atoms with van der Waals surface area (Å²) in [6, 6.07) is 5.31. The summed E-state index contributed by atoms with van der Waals surface area (Å²) < 4.78 is 4.71. The van der Waals surface area contributed by atoms with E-state index in [2.05, 4.69) is 9.80 Å². The molecule has 1 aliphatic rings. The molecular weight excluding hydrogens is 292 g/mol. The molecule has 0 aromatic heterocycles. The lowest BCUT2D eigenvalue weighted by molar-refractivity contribution is -0.141. The zero-order valence-electron chi connectivity index (χ0n) is 12.2. The van der Waals surface area contributed by atoms with Gasteiger partial charge in [0.15, 0.2) is 0 Å². The Morgan fingerprint density at radius 3 is 2.71 bits per heavy atom. The maximum atomic E-state index is 11.3. The fraction of sp³-hybridized carbons (Fsp3) is 0.533. The molecule has 0 amide bonds. The van der Waals surface area contributed by atoms with Gasteiger partial charge in [-0.3, -0.25) is 14.6 Å². The fourth-order valence-electron chi connectivity index (χ4n) is 2.49. The highest BCUT2D eigenvalue weighted by atomic mass is 35.5. The Hall–Kier alpha value is -1.30. The number of ether oxygens (including phenoxy) is 1. The number of esters is 1. The van der Waals surface area contributed by atoms with Crippen molar-refractivity contribution < 1.29 is 14.6 Å². The second kappa shape index (κ2) is 7.64. The summed E-state index contributed by atoms with van der Waals surface area (Å²) in [5.74, 6) is -0.0747. The average molecular weight is 313 g/mol. The highest BCUT2D eigenvalue weighted by Gasteiger charge is 2.17. The Bertz CT molecular complexity index is 496. The number of rotatable bonds is 4. The van der Waals surface area contributed by atoms with Gasteiger partial charge in [0.05, 0.1) is 18.7 Å². The maximum Gasteiger partial charge on any atom is 0.319 e. The van der Waals surface area contributed by atoms with Crippen molar-refractivity contribution in [3.63, 3.8) is 0 Å². The van der Waals surface area contributed by atoms with Crippen LogP contribution >= 0.6 is 11.6 Å². The SMILES string of the molecule is COC(=O)CN1CCCN(Cc2ccc(O)c(Cl)c2)CC1. The van der Waals surface area contributed by atoms with Crippen LogP contribution in [0.2, 0.25) is 5.02 Å². The summed E-state index contributed by atoms with van der Waals surface area (Å²) in [4.78, 5) is 15.8. The molecule has 21 heavy (non-hydrogen) atoms. The molecular formula is C15H21ClN2O3. The van der Waals surface area contributed by atoms with Gasteiger partial charge in [-0.25, -0.2) is 0 Å². The van der Waals surface area contributed by atoms with Crippen LogP contribution in [-0.4, -0.2) is 60.7 Å². The lowest BCUT2D eigenvalue weighted by Crippen LogP contribution is -2.34. The number of phenolic OH excluding ortho intramolecular Hbond substituents is 1. The van der Waals surface area contributed by atoms with Gasteiger partial charge < -0.3 is 9.84 Å². The standard InChI is InChI=1S/C15H21ClN2O3/c1-21-15(20)11-18-6-2-5-17(7-8-18)10-12-3-4-14(19)13(16)9-12/h3-4,9,19H,2,5-8,10-11H2,1H3. The van der Waals surface area contributed by atoms with Crippen LogP contribution in [0, 0.1) is 0 Å². The molecule has 1 heterocycles. The first-order valence-corrected chi connectivity index (χ1v) is 7.45. The molecule has 0 radical (unpaired) electrons. The van der Waals surface area contributed by atoms with Crippen LogP contribution in [0.5, 0.6) is 5.75 Å². The van der Waals surface area contributed by atoms with Crippen LogP contribution in [0.1, 0.15) is 12.0 Å². The molecule has 1 aromatic carbocycles. The quantitative estimate of drug-likeness (QED) is 0.858. The minimum absolute atomic E-state index is 0.112. The van der Waals surface area contributed by atoms with E-state index < -0.39 is 0 Å². The molecule has 0 atom stereocenters. The molecule has 0 aliphatic carbocycles. The molecule has 6 heteroatoms. The number of hydrogen-bond donors (Lipinski definition) is 1. The van der Waals surface area contributed by atoms with Gasteiger partial charge in [0, 0.05) is 26.2 Å². The second-order valence-corrected chi connectivity index (χ2v) is 5.67. The van der Waals surface area contributed by atoms with Gasteiger partial charge in [-0.05, 0) is 30.7 Å². The molecule has 1 saturated heterocycles. The predicted molar refractivity (Wildman–Crippen MR) is 81.5 cm³/mol. The van der Waals surface area contributed by atoms with Crippen molar-refractivity contribution in [2.45, 2.75) is 13.0 Å². The molecule has 1 aliphatic heterocycles. The van der Waals surface area contributed by atoms with E-state index in [1.54, 1.807) is 12.1 Å². The summed E-state index contributed by atoms with van der Waals surface area (Å²) >= 11 is 5.93. The maximum absolute atomic E-state index is 11.3. The van der Waals surface area contributed by atoms with Crippen molar-refractivity contribution in [3.05, 3.63) is 28.8 Å². The van der Waals surface area contributed by atoms with E-state index >= 15 is 0 Å². The van der Waals surface area contributed by atoms with E-state index in [0.29, 0.717) is 11.6 Å². The Morgan fingerprint density at radius 2 is 2.00 bits per heavy atom. The van der Waals surface area contributed by atoms with Crippen molar-refractivity contribution >= 4 is 17.6 Å². The minimum Gasteiger partial charge on any atom is -0.506 e. The van der Waals surface area contributed by atoms with Crippen molar-refractivity contribution in [3.8, 4) is 5.75 Å². The monoisotopic (exact) mass is 312 g/mol. The van der Waals surface area contributed by atoms with E-state index in [4.69, 9.17) is 16.3 Å². The topological polar surface area (TPSA) is 53.0 Å². The molecule has 116 valence electrons. The second-order valence-electron chi connectivity index (χ2n) is 5.27. The number of carbonyl (C=O) groups excluding carboxylic acids is 1. The van der Waals surface area contributed by atoms with Gasteiger partial charge in [-0.2, -0.15) is 0 Å². The zero-order valence-corrected chi connectivity index (χ0v) is 13.0. The van der Waals surface area contributed by atoms with Crippen LogP contribution in [0.25, 0.3) is 0 Å². The number of phenols is 1. The number of carbonyl (C=O) groups is 1. The summed E-state index contributed by atoms with van der Waals surface area (Å²) in [7, 11) is 1.42. The Labute approximate surface area is 130 Å². The fourth-order valence-corrected chi connectivity index (χ4v) is 2.70. The molecule has 1 N–H and O–H groups in total. The number of aromatic hydroxyl groups is 1. The van der Waals surface area contributed by atoms with Crippen molar-refractivity contribution in [2.24, 2.45) is 0 Å². The Morgan fingerprint density at radius 1 is 1.29 bits per heavy atom. The van der Waals surface area contributed by atoms with Crippen LogP contribution in [0.15, 0.2) is 18.2 Å². The van der Waals surface area contributed by atoms with Gasteiger partial charge in [0.1, 0.15) is 5.75 Å². The summed E-state index contributed by atoms with van der Waals surface area (Å²) in [5, 5.41) is 9.82. The first-order valence-electron chi connectivity index (χ1n) is 7.07. The zero-order chi connectivity index (χ0) is 15.2. The van der Waals surface area contributed by atoms with Gasteiger partial charge in [-0.1, -0.05) is 17.7 Å². The number of hydrogen-bond acceptors (Lipinski definition) is 5.